The molecule has 114 valence electrons. The molecular weight excluding hydrogens is 269 g/mol. The van der Waals surface area contributed by atoms with Gasteiger partial charge in [0, 0.05) is 50.0 Å². The van der Waals surface area contributed by atoms with E-state index in [-0.39, 0.29) is 0 Å². The van der Waals surface area contributed by atoms with Crippen molar-refractivity contribution in [1.82, 2.24) is 15.1 Å². The van der Waals surface area contributed by atoms with Crippen molar-refractivity contribution in [3.05, 3.63) is 0 Å². The van der Waals surface area contributed by atoms with Crippen molar-refractivity contribution < 1.29 is 4.79 Å². The Kier molecular flexibility index (Phi) is 4.35. The Hall–Kier alpha value is -0.180. The third-order valence-electron chi connectivity index (χ3n) is 5.35. The molecule has 4 rings (SSSR count). The molecule has 4 unspecified atom stereocenters. The highest BCUT2D eigenvalue weighted by molar-refractivity contribution is 7.38. The van der Waals surface area contributed by atoms with E-state index in [1.807, 2.05) is 0 Å². The zero-order valence-electron chi connectivity index (χ0n) is 12.8. The van der Waals surface area contributed by atoms with Crippen molar-refractivity contribution in [1.29, 1.82) is 0 Å². The van der Waals surface area contributed by atoms with Gasteiger partial charge in [0.05, 0.1) is 0 Å². The third-order valence-corrected chi connectivity index (χ3v) is 6.00. The van der Waals surface area contributed by atoms with Crippen molar-refractivity contribution >= 4 is 14.5 Å². The molecule has 2 bridgehead atoms. The summed E-state index contributed by atoms with van der Waals surface area (Å²) in [5.74, 6) is 0.364. The summed E-state index contributed by atoms with van der Waals surface area (Å²) < 4.78 is 0. The summed E-state index contributed by atoms with van der Waals surface area (Å²) in [6.07, 6.45) is 6.04. The van der Waals surface area contributed by atoms with E-state index in [0.29, 0.717) is 11.4 Å². The lowest BCUT2D eigenvalue weighted by molar-refractivity contribution is -0.130. The lowest BCUT2D eigenvalue weighted by Crippen LogP contribution is -2.60. The van der Waals surface area contributed by atoms with Crippen LogP contribution in [0.1, 0.15) is 32.6 Å². The van der Waals surface area contributed by atoms with Crippen LogP contribution >= 0.6 is 8.58 Å². The number of piperazine rings is 1. The first-order chi connectivity index (χ1) is 9.59. The van der Waals surface area contributed by atoms with Gasteiger partial charge in [-0.3, -0.25) is 9.69 Å². The maximum absolute atomic E-state index is 11.9. The van der Waals surface area contributed by atoms with Crippen LogP contribution in [0.3, 0.4) is 0 Å². The van der Waals surface area contributed by atoms with Gasteiger partial charge in [-0.05, 0) is 39.3 Å². The number of carbonyl (C=O) groups is 1. The van der Waals surface area contributed by atoms with Gasteiger partial charge in [0.1, 0.15) is 0 Å². The standard InChI is InChI=1S/C15H28N3OP/c1-15-4-3-13(9-12(10-15)16-15)17-5-7-18(8-6-17)14(19)11-20-2/h12-13,16,20H,3-11H2,1-2H3. The van der Waals surface area contributed by atoms with Crippen molar-refractivity contribution in [3.63, 3.8) is 0 Å². The molecule has 3 saturated heterocycles. The fourth-order valence-corrected chi connectivity index (χ4v) is 4.72. The average molecular weight is 297 g/mol. The summed E-state index contributed by atoms with van der Waals surface area (Å²) in [4.78, 5) is 16.7. The minimum absolute atomic E-state index is 0.364. The predicted molar refractivity (Wildman–Crippen MR) is 84.8 cm³/mol. The van der Waals surface area contributed by atoms with Crippen LogP contribution in [-0.2, 0) is 4.79 Å². The molecule has 0 aromatic heterocycles. The van der Waals surface area contributed by atoms with E-state index >= 15 is 0 Å². The third kappa shape index (κ3) is 3.03. The molecule has 3 heterocycles. The van der Waals surface area contributed by atoms with Crippen LogP contribution in [0.4, 0.5) is 0 Å². The number of nitrogens with one attached hydrogen (secondary N) is 1. The molecule has 1 saturated carbocycles. The van der Waals surface area contributed by atoms with Gasteiger partial charge in [-0.25, -0.2) is 0 Å². The molecule has 5 heteroatoms. The van der Waals surface area contributed by atoms with E-state index in [0.717, 1.165) is 53.0 Å². The highest BCUT2D eigenvalue weighted by Gasteiger charge is 2.44. The Balaban J connectivity index is 1.49. The number of fused-ring (bicyclic) bond motifs is 3. The number of carbonyl (C=O) groups excluding carboxylic acids is 1. The Morgan fingerprint density at radius 3 is 2.70 bits per heavy atom. The SMILES string of the molecule is CPCC(=O)N1CCN(C2CCC3(C)CC(C2)N3)CC1. The summed E-state index contributed by atoms with van der Waals surface area (Å²) in [6.45, 7) is 8.51. The highest BCUT2D eigenvalue weighted by atomic mass is 31.1. The molecule has 4 nitrogen and oxygen atoms in total. The molecule has 1 N–H and O–H groups in total. The summed E-state index contributed by atoms with van der Waals surface area (Å²) in [6, 6.07) is 1.48. The quantitative estimate of drug-likeness (QED) is 0.793. The molecule has 20 heavy (non-hydrogen) atoms. The van der Waals surface area contributed by atoms with Crippen molar-refractivity contribution in [2.45, 2.75) is 50.2 Å². The summed E-state index contributed by atoms with van der Waals surface area (Å²) in [5.41, 5.74) is 0.430. The second-order valence-electron chi connectivity index (χ2n) is 6.98. The molecule has 4 fully saturated rings. The minimum Gasteiger partial charge on any atom is -0.340 e. The molecular formula is C15H28N3OP. The molecule has 1 amide bonds. The molecule has 0 aromatic rings. The summed E-state index contributed by atoms with van der Waals surface area (Å²) in [7, 11) is 0.745. The number of rotatable bonds is 3. The van der Waals surface area contributed by atoms with Crippen LogP contribution in [0.25, 0.3) is 0 Å². The van der Waals surface area contributed by atoms with E-state index in [1.54, 1.807) is 0 Å². The number of hydrogen-bond acceptors (Lipinski definition) is 3. The van der Waals surface area contributed by atoms with E-state index < -0.39 is 0 Å². The van der Waals surface area contributed by atoms with Gasteiger partial charge in [-0.1, -0.05) is 0 Å². The maximum atomic E-state index is 11.9. The van der Waals surface area contributed by atoms with Gasteiger partial charge in [-0.15, -0.1) is 8.58 Å². The fourth-order valence-electron chi connectivity index (χ4n) is 4.19. The number of hydrogen-bond donors (Lipinski definition) is 1. The zero-order valence-corrected chi connectivity index (χ0v) is 13.8. The first kappa shape index (κ1) is 14.7. The van der Waals surface area contributed by atoms with E-state index in [1.165, 1.54) is 25.7 Å². The van der Waals surface area contributed by atoms with Gasteiger partial charge in [0.25, 0.3) is 0 Å². The number of nitrogens with zero attached hydrogens (tertiary/aromatic N) is 2. The van der Waals surface area contributed by atoms with Gasteiger partial charge in [-0.2, -0.15) is 0 Å². The normalized spacial score (nSPS) is 38.8. The molecule has 0 spiro atoms. The summed E-state index contributed by atoms with van der Waals surface area (Å²) >= 11 is 0. The first-order valence-electron chi connectivity index (χ1n) is 8.04. The van der Waals surface area contributed by atoms with E-state index in [4.69, 9.17) is 0 Å². The molecule has 4 aliphatic rings. The van der Waals surface area contributed by atoms with Crippen LogP contribution in [0.15, 0.2) is 0 Å². The minimum atomic E-state index is 0.364. The van der Waals surface area contributed by atoms with E-state index in [9.17, 15) is 4.79 Å². The Labute approximate surface area is 124 Å². The predicted octanol–water partition coefficient (Wildman–Crippen LogP) is 1.11. The largest absolute Gasteiger partial charge is 0.340 e. The smallest absolute Gasteiger partial charge is 0.226 e. The molecule has 3 aliphatic heterocycles. The van der Waals surface area contributed by atoms with Crippen LogP contribution < -0.4 is 5.32 Å². The first-order valence-corrected chi connectivity index (χ1v) is 9.74. The van der Waals surface area contributed by atoms with Gasteiger partial charge in [0.15, 0.2) is 0 Å². The van der Waals surface area contributed by atoms with Crippen LogP contribution in [0.5, 0.6) is 0 Å². The van der Waals surface area contributed by atoms with Crippen molar-refractivity contribution in [3.8, 4) is 0 Å². The second-order valence-corrected chi connectivity index (χ2v) is 8.04. The van der Waals surface area contributed by atoms with Crippen molar-refractivity contribution in [2.24, 2.45) is 0 Å². The van der Waals surface area contributed by atoms with Gasteiger partial charge in [0.2, 0.25) is 5.91 Å². The topological polar surface area (TPSA) is 35.6 Å². The lowest BCUT2D eigenvalue weighted by atomic mass is 9.82. The number of amides is 1. The van der Waals surface area contributed by atoms with E-state index in [2.05, 4.69) is 28.7 Å². The monoisotopic (exact) mass is 297 g/mol. The van der Waals surface area contributed by atoms with Crippen LogP contribution in [0.2, 0.25) is 0 Å². The van der Waals surface area contributed by atoms with Crippen LogP contribution in [0, 0.1) is 0 Å². The highest BCUT2D eigenvalue weighted by Crippen LogP contribution is 2.37. The Morgan fingerprint density at radius 2 is 2.05 bits per heavy atom. The summed E-state index contributed by atoms with van der Waals surface area (Å²) in [5, 5.41) is 3.74. The Bertz CT molecular complexity index is 362. The van der Waals surface area contributed by atoms with Gasteiger partial charge >= 0.3 is 0 Å². The van der Waals surface area contributed by atoms with Gasteiger partial charge < -0.3 is 10.2 Å². The molecule has 4 atom stereocenters. The zero-order chi connectivity index (χ0) is 14.2. The van der Waals surface area contributed by atoms with Crippen LogP contribution in [-0.4, -0.2) is 72.3 Å². The van der Waals surface area contributed by atoms with Crippen molar-refractivity contribution in [2.75, 3.05) is 39.0 Å². The molecule has 0 aromatic carbocycles. The lowest BCUT2D eigenvalue weighted by Gasteiger charge is -2.45. The second kappa shape index (κ2) is 5.90. The Morgan fingerprint density at radius 1 is 1.35 bits per heavy atom. The molecule has 0 radical (unpaired) electrons. The molecule has 1 aliphatic carbocycles. The average Bonchev–Trinajstić information content (AvgIpc) is 2.68. The fraction of sp³-hybridized carbons (Fsp3) is 0.933. The maximum Gasteiger partial charge on any atom is 0.226 e.